The van der Waals surface area contributed by atoms with Crippen LogP contribution in [0.5, 0.6) is 0 Å². The molecule has 0 aromatic heterocycles. The van der Waals surface area contributed by atoms with Gasteiger partial charge >= 0.3 is 281 Å². The molecule has 12 heteroatoms. The van der Waals surface area contributed by atoms with Crippen LogP contribution in [0.15, 0.2) is 109 Å². The van der Waals surface area contributed by atoms with Crippen molar-refractivity contribution >= 4 is 70.2 Å². The van der Waals surface area contributed by atoms with Crippen molar-refractivity contribution in [1.29, 1.82) is 0 Å². The van der Waals surface area contributed by atoms with Crippen molar-refractivity contribution in [2.45, 2.75) is 50.9 Å². The van der Waals surface area contributed by atoms with Crippen LogP contribution in [0.4, 0.5) is 11.4 Å². The van der Waals surface area contributed by atoms with E-state index < -0.39 is 36.0 Å². The van der Waals surface area contributed by atoms with Gasteiger partial charge in [-0.2, -0.15) is 0 Å². The van der Waals surface area contributed by atoms with Gasteiger partial charge in [-0.25, -0.2) is 0 Å². The molecule has 10 nitrogen and oxygen atoms in total. The molecule has 0 unspecified atom stereocenters. The van der Waals surface area contributed by atoms with Crippen LogP contribution < -0.4 is 41.7 Å². The molecule has 0 aliphatic carbocycles. The van der Waals surface area contributed by atoms with E-state index in [0.29, 0.717) is 24.2 Å². The van der Waals surface area contributed by atoms with Gasteiger partial charge in [0.05, 0.1) is 0 Å². The van der Waals surface area contributed by atoms with E-state index in [2.05, 4.69) is 21.3 Å². The van der Waals surface area contributed by atoms with Crippen LogP contribution in [0.3, 0.4) is 0 Å². The van der Waals surface area contributed by atoms with Gasteiger partial charge in [-0.1, -0.05) is 12.1 Å². The zero-order valence-corrected chi connectivity index (χ0v) is 30.1. The summed E-state index contributed by atoms with van der Waals surface area (Å²) in [6, 6.07) is 30.9. The molecular weight excluding hydrogens is 738 g/mol. The second-order valence-corrected chi connectivity index (χ2v) is 17.4. The van der Waals surface area contributed by atoms with Crippen LogP contribution in [0, 0.1) is 0 Å². The molecule has 0 radical (unpaired) electrons. The fraction of sp³-hybridized carbons (Fsp3) is 0.222. The Hall–Kier alpha value is -4.28. The Morgan fingerprint density at radius 2 is 0.854 bits per heavy atom. The van der Waals surface area contributed by atoms with Crippen molar-refractivity contribution in [3.8, 4) is 0 Å². The topological polar surface area (TPSA) is 168 Å². The van der Waals surface area contributed by atoms with Gasteiger partial charge in [0.2, 0.25) is 0 Å². The standard InChI is InChI=1S/C36H40N6O4Se2/c1-23(39-35(45)27(37)21-25-13-5-3-6-14-25)33(43)41-29-17-9-11-19-31(29)47-48-32-20-12-10-18-30(32)42-34(44)24(2)40-36(46)28(38)22-26-15-7-4-8-16-26/h3-20,23-24,27-28H,21-22,37-38H2,1-2H3,(H,39,45)(H,40,46)(H,41,43)(H,42,44)/t23-,24-,27-,28-/m0/s1. The molecule has 0 heterocycles. The number of hydrogen-bond donors (Lipinski definition) is 6. The van der Waals surface area contributed by atoms with E-state index in [0.717, 1.165) is 20.1 Å². The van der Waals surface area contributed by atoms with Crippen molar-refractivity contribution in [3.63, 3.8) is 0 Å². The Labute approximate surface area is 292 Å². The average Bonchev–Trinajstić information content (AvgIpc) is 3.09. The molecule has 0 aliphatic rings. The van der Waals surface area contributed by atoms with E-state index >= 15 is 0 Å². The van der Waals surface area contributed by atoms with Crippen molar-refractivity contribution in [2.24, 2.45) is 11.5 Å². The molecule has 0 spiro atoms. The minimum atomic E-state index is -0.795. The Morgan fingerprint density at radius 3 is 1.23 bits per heavy atom. The average molecular weight is 779 g/mol. The van der Waals surface area contributed by atoms with Crippen LogP contribution in [0.2, 0.25) is 0 Å². The third-order valence-electron chi connectivity index (χ3n) is 7.29. The Kier molecular flexibility index (Phi) is 13.9. The van der Waals surface area contributed by atoms with Gasteiger partial charge in [-0.3, -0.25) is 0 Å². The molecule has 4 aromatic rings. The number of anilines is 2. The zero-order chi connectivity index (χ0) is 34.5. The van der Waals surface area contributed by atoms with Crippen LogP contribution in [-0.2, 0) is 32.0 Å². The Morgan fingerprint density at radius 1 is 0.521 bits per heavy atom. The molecule has 4 rings (SSSR count). The van der Waals surface area contributed by atoms with E-state index in [9.17, 15) is 19.2 Å². The Balaban J connectivity index is 1.30. The quantitative estimate of drug-likeness (QED) is 0.0985. The van der Waals surface area contributed by atoms with Gasteiger partial charge in [-0.15, -0.1) is 0 Å². The monoisotopic (exact) mass is 780 g/mol. The zero-order valence-electron chi connectivity index (χ0n) is 26.7. The van der Waals surface area contributed by atoms with Crippen molar-refractivity contribution in [1.82, 2.24) is 10.6 Å². The van der Waals surface area contributed by atoms with E-state index in [1.54, 1.807) is 13.8 Å². The van der Waals surface area contributed by atoms with Crippen LogP contribution in [-0.4, -0.2) is 74.1 Å². The molecular formula is C36H40N6O4Se2. The van der Waals surface area contributed by atoms with E-state index in [1.807, 2.05) is 109 Å². The van der Waals surface area contributed by atoms with Gasteiger partial charge in [0.25, 0.3) is 0 Å². The number of hydrogen-bond acceptors (Lipinski definition) is 6. The summed E-state index contributed by atoms with van der Waals surface area (Å²) in [6.45, 7) is 3.25. The number of carbonyl (C=O) groups is 4. The molecule has 8 N–H and O–H groups in total. The normalized spacial score (nSPS) is 13.3. The SMILES string of the molecule is C[C@H](NC(=O)[C@@H](N)Cc1ccccc1)C(=O)Nc1ccccc1[Se][Se]c1ccccc1NC(=O)[C@H](C)NC(=O)[C@@H](N)Cc1ccccc1. The maximum absolute atomic E-state index is 13.1. The fourth-order valence-electron chi connectivity index (χ4n) is 4.55. The van der Waals surface area contributed by atoms with Crippen molar-refractivity contribution < 1.29 is 19.2 Å². The molecule has 4 amide bonds. The molecule has 0 saturated heterocycles. The van der Waals surface area contributed by atoms with Gasteiger partial charge < -0.3 is 0 Å². The van der Waals surface area contributed by atoms with Gasteiger partial charge in [0.1, 0.15) is 0 Å². The van der Waals surface area contributed by atoms with Crippen LogP contribution >= 0.6 is 0 Å². The Bertz CT molecular complexity index is 1570. The van der Waals surface area contributed by atoms with Crippen molar-refractivity contribution in [2.75, 3.05) is 10.6 Å². The molecule has 0 aliphatic heterocycles. The molecule has 0 saturated carbocycles. The number of rotatable bonds is 15. The minimum absolute atomic E-state index is 0.0632. The molecule has 48 heavy (non-hydrogen) atoms. The predicted octanol–water partition coefficient (Wildman–Crippen LogP) is 0.987. The third-order valence-corrected chi connectivity index (χ3v) is 14.5. The fourth-order valence-corrected chi connectivity index (χ4v) is 11.5. The molecule has 250 valence electrons. The number of nitrogens with two attached hydrogens (primary N) is 2. The third kappa shape index (κ3) is 11.2. The van der Waals surface area contributed by atoms with Crippen molar-refractivity contribution in [3.05, 3.63) is 120 Å². The van der Waals surface area contributed by atoms with Crippen LogP contribution in [0.1, 0.15) is 25.0 Å². The summed E-state index contributed by atoms with van der Waals surface area (Å²) in [5.74, 6) is -1.49. The summed E-state index contributed by atoms with van der Waals surface area (Å²) >= 11 is -0.126. The second kappa shape index (κ2) is 18.3. The van der Waals surface area contributed by atoms with Gasteiger partial charge in [-0.05, 0) is 0 Å². The summed E-state index contributed by atoms with van der Waals surface area (Å²) < 4.78 is 1.96. The first-order valence-corrected chi connectivity index (χ1v) is 21.5. The first-order chi connectivity index (χ1) is 23.1. The number of benzene rings is 4. The van der Waals surface area contributed by atoms with Gasteiger partial charge in [0, 0.05) is 0 Å². The molecule has 4 aromatic carbocycles. The summed E-state index contributed by atoms with van der Waals surface area (Å²) in [7, 11) is 0. The van der Waals surface area contributed by atoms with E-state index in [1.165, 1.54) is 0 Å². The number of para-hydroxylation sites is 2. The number of nitrogens with one attached hydrogen (secondary N) is 4. The molecule has 4 atom stereocenters. The number of amides is 4. The first kappa shape index (κ1) is 36.6. The molecule has 0 fully saturated rings. The summed E-state index contributed by atoms with van der Waals surface area (Å²) in [4.78, 5) is 51.5. The first-order valence-electron chi connectivity index (χ1n) is 15.4. The summed E-state index contributed by atoms with van der Waals surface area (Å²) in [6.07, 6.45) is 0.736. The van der Waals surface area contributed by atoms with E-state index in [-0.39, 0.29) is 38.1 Å². The van der Waals surface area contributed by atoms with Gasteiger partial charge in [0.15, 0.2) is 0 Å². The van der Waals surface area contributed by atoms with Crippen LogP contribution in [0.25, 0.3) is 0 Å². The maximum atomic E-state index is 13.1. The van der Waals surface area contributed by atoms with E-state index in [4.69, 9.17) is 11.5 Å². The predicted molar refractivity (Wildman–Crippen MR) is 192 cm³/mol. The second-order valence-electron chi connectivity index (χ2n) is 11.2. The summed E-state index contributed by atoms with van der Waals surface area (Å²) in [5.41, 5.74) is 15.4. The molecule has 0 bridgehead atoms. The number of carbonyl (C=O) groups excluding carboxylic acids is 4. The summed E-state index contributed by atoms with van der Waals surface area (Å²) in [5, 5.41) is 11.4.